The SMILES string of the molecule is CCc1ccc(OCc2nnc(SCc3ccc(C#N)cc3)n2CC(C)C)cc1. The summed E-state index contributed by atoms with van der Waals surface area (Å²) in [6.45, 7) is 7.74. The smallest absolute Gasteiger partial charge is 0.191 e. The zero-order valence-electron chi connectivity index (χ0n) is 17.1. The van der Waals surface area contributed by atoms with Crippen LogP contribution in [0.15, 0.2) is 53.7 Å². The summed E-state index contributed by atoms with van der Waals surface area (Å²) >= 11 is 1.65. The van der Waals surface area contributed by atoms with Crippen molar-refractivity contribution in [1.82, 2.24) is 14.8 Å². The molecule has 0 saturated carbocycles. The minimum Gasteiger partial charge on any atom is -0.486 e. The molecule has 0 aliphatic carbocycles. The number of nitrogens with zero attached hydrogens (tertiary/aromatic N) is 4. The maximum atomic E-state index is 8.93. The lowest BCUT2D eigenvalue weighted by Crippen LogP contribution is -2.12. The third kappa shape index (κ3) is 5.85. The quantitative estimate of drug-likeness (QED) is 0.455. The Morgan fingerprint density at radius 1 is 1.03 bits per heavy atom. The van der Waals surface area contributed by atoms with E-state index in [1.165, 1.54) is 5.56 Å². The van der Waals surface area contributed by atoms with Crippen LogP contribution in [0.2, 0.25) is 0 Å². The molecule has 6 heteroatoms. The molecule has 29 heavy (non-hydrogen) atoms. The highest BCUT2D eigenvalue weighted by Gasteiger charge is 2.15. The summed E-state index contributed by atoms with van der Waals surface area (Å²) in [5.74, 6) is 2.93. The molecule has 0 radical (unpaired) electrons. The number of ether oxygens (including phenoxy) is 1. The molecule has 0 amide bonds. The van der Waals surface area contributed by atoms with Crippen LogP contribution >= 0.6 is 11.8 Å². The molecule has 0 spiro atoms. The van der Waals surface area contributed by atoms with Crippen molar-refractivity contribution in [2.24, 2.45) is 5.92 Å². The second-order valence-electron chi connectivity index (χ2n) is 7.29. The van der Waals surface area contributed by atoms with E-state index >= 15 is 0 Å². The summed E-state index contributed by atoms with van der Waals surface area (Å²) in [7, 11) is 0. The Hall–Kier alpha value is -2.78. The summed E-state index contributed by atoms with van der Waals surface area (Å²) < 4.78 is 8.10. The van der Waals surface area contributed by atoms with Crippen molar-refractivity contribution < 1.29 is 4.74 Å². The highest BCUT2D eigenvalue weighted by Crippen LogP contribution is 2.24. The van der Waals surface area contributed by atoms with E-state index in [0.717, 1.165) is 41.0 Å². The third-order valence-corrected chi connectivity index (χ3v) is 5.53. The first-order valence-corrected chi connectivity index (χ1v) is 10.8. The van der Waals surface area contributed by atoms with Gasteiger partial charge in [-0.05, 0) is 47.7 Å². The predicted molar refractivity (Wildman–Crippen MR) is 116 cm³/mol. The first-order chi connectivity index (χ1) is 14.1. The minimum absolute atomic E-state index is 0.391. The van der Waals surface area contributed by atoms with Gasteiger partial charge in [0.1, 0.15) is 12.4 Å². The van der Waals surface area contributed by atoms with Crippen LogP contribution in [0.25, 0.3) is 0 Å². The zero-order valence-corrected chi connectivity index (χ0v) is 17.9. The van der Waals surface area contributed by atoms with Crippen molar-refractivity contribution in [1.29, 1.82) is 5.26 Å². The second kappa shape index (κ2) is 10.1. The van der Waals surface area contributed by atoms with Gasteiger partial charge in [-0.1, -0.05) is 56.8 Å². The number of hydrogen-bond acceptors (Lipinski definition) is 5. The van der Waals surface area contributed by atoms with Crippen molar-refractivity contribution in [3.05, 3.63) is 71.0 Å². The van der Waals surface area contributed by atoms with Crippen molar-refractivity contribution in [3.63, 3.8) is 0 Å². The van der Waals surface area contributed by atoms with Gasteiger partial charge in [-0.3, -0.25) is 0 Å². The molecule has 0 aliphatic heterocycles. The summed E-state index contributed by atoms with van der Waals surface area (Å²) in [5.41, 5.74) is 3.12. The molecule has 0 atom stereocenters. The molecular formula is C23H26N4OS. The standard InChI is InChI=1S/C23H26N4OS/c1-4-18-9-11-21(12-10-18)28-15-22-25-26-23(27(22)14-17(2)3)29-16-20-7-5-19(13-24)6-8-20/h5-12,17H,4,14-16H2,1-3H3. The second-order valence-corrected chi connectivity index (χ2v) is 8.23. The fraction of sp³-hybridized carbons (Fsp3) is 0.348. The highest BCUT2D eigenvalue weighted by atomic mass is 32.2. The number of hydrogen-bond donors (Lipinski definition) is 0. The van der Waals surface area contributed by atoms with Gasteiger partial charge in [-0.2, -0.15) is 5.26 Å². The van der Waals surface area contributed by atoms with E-state index < -0.39 is 0 Å². The van der Waals surface area contributed by atoms with E-state index in [1.807, 2.05) is 36.4 Å². The Bertz CT molecular complexity index is 956. The van der Waals surface area contributed by atoms with E-state index in [4.69, 9.17) is 10.00 Å². The lowest BCUT2D eigenvalue weighted by molar-refractivity contribution is 0.284. The van der Waals surface area contributed by atoms with Crippen molar-refractivity contribution in [2.75, 3.05) is 0 Å². The maximum Gasteiger partial charge on any atom is 0.191 e. The van der Waals surface area contributed by atoms with Crippen LogP contribution in [0.5, 0.6) is 5.75 Å². The average Bonchev–Trinajstić information content (AvgIpc) is 3.12. The maximum absolute atomic E-state index is 8.93. The number of rotatable bonds is 9. The molecule has 0 unspecified atom stereocenters. The molecule has 0 aliphatic rings. The number of aromatic nitrogens is 3. The van der Waals surface area contributed by atoms with Gasteiger partial charge < -0.3 is 9.30 Å². The average molecular weight is 407 g/mol. The molecule has 1 heterocycles. The van der Waals surface area contributed by atoms with E-state index in [-0.39, 0.29) is 0 Å². The fourth-order valence-corrected chi connectivity index (χ4v) is 3.80. The Balaban J connectivity index is 1.68. The minimum atomic E-state index is 0.391. The molecule has 0 saturated heterocycles. The molecule has 0 fully saturated rings. The summed E-state index contributed by atoms with van der Waals surface area (Å²) in [6, 6.07) is 18.0. The van der Waals surface area contributed by atoms with Crippen LogP contribution in [-0.4, -0.2) is 14.8 Å². The first kappa shape index (κ1) is 20.9. The highest BCUT2D eigenvalue weighted by molar-refractivity contribution is 7.98. The Labute approximate surface area is 176 Å². The van der Waals surface area contributed by atoms with E-state index in [1.54, 1.807) is 11.8 Å². The van der Waals surface area contributed by atoms with Gasteiger partial charge in [0.2, 0.25) is 0 Å². The zero-order chi connectivity index (χ0) is 20.6. The lowest BCUT2D eigenvalue weighted by Gasteiger charge is -2.13. The van der Waals surface area contributed by atoms with Gasteiger partial charge in [-0.15, -0.1) is 10.2 Å². The molecular weight excluding hydrogens is 380 g/mol. The number of aryl methyl sites for hydroxylation is 1. The molecule has 150 valence electrons. The number of benzene rings is 2. The van der Waals surface area contributed by atoms with Crippen LogP contribution in [0.3, 0.4) is 0 Å². The van der Waals surface area contributed by atoms with Crippen molar-refractivity contribution in [3.8, 4) is 11.8 Å². The topological polar surface area (TPSA) is 63.7 Å². The molecule has 3 aromatic rings. The molecule has 0 bridgehead atoms. The third-order valence-electron chi connectivity index (χ3n) is 4.49. The van der Waals surface area contributed by atoms with Gasteiger partial charge in [0.25, 0.3) is 0 Å². The van der Waals surface area contributed by atoms with Gasteiger partial charge in [-0.25, -0.2) is 0 Å². The number of thioether (sulfide) groups is 1. The van der Waals surface area contributed by atoms with E-state index in [9.17, 15) is 0 Å². The van der Waals surface area contributed by atoms with Gasteiger partial charge in [0, 0.05) is 12.3 Å². The molecule has 5 nitrogen and oxygen atoms in total. The first-order valence-electron chi connectivity index (χ1n) is 9.84. The van der Waals surface area contributed by atoms with Crippen molar-refractivity contribution in [2.45, 2.75) is 51.3 Å². The van der Waals surface area contributed by atoms with Crippen LogP contribution in [0.1, 0.15) is 43.3 Å². The fourth-order valence-electron chi connectivity index (χ4n) is 2.87. The predicted octanol–water partition coefficient (Wildman–Crippen LogP) is 5.24. The van der Waals surface area contributed by atoms with E-state index in [0.29, 0.717) is 18.1 Å². The largest absolute Gasteiger partial charge is 0.486 e. The van der Waals surface area contributed by atoms with Crippen LogP contribution in [0.4, 0.5) is 0 Å². The molecule has 0 N–H and O–H groups in total. The van der Waals surface area contributed by atoms with Crippen LogP contribution in [0, 0.1) is 17.2 Å². The summed E-state index contributed by atoms with van der Waals surface area (Å²) in [5, 5.41) is 18.6. The molecule has 2 aromatic carbocycles. The Kier molecular flexibility index (Phi) is 7.31. The van der Waals surface area contributed by atoms with Crippen LogP contribution < -0.4 is 4.74 Å². The Morgan fingerprint density at radius 2 is 1.72 bits per heavy atom. The molecule has 3 rings (SSSR count). The monoisotopic (exact) mass is 406 g/mol. The van der Waals surface area contributed by atoms with Crippen LogP contribution in [-0.2, 0) is 25.3 Å². The lowest BCUT2D eigenvalue weighted by atomic mass is 10.2. The van der Waals surface area contributed by atoms with Gasteiger partial charge in [0.05, 0.1) is 11.6 Å². The van der Waals surface area contributed by atoms with E-state index in [2.05, 4.69) is 53.7 Å². The molecule has 1 aromatic heterocycles. The summed E-state index contributed by atoms with van der Waals surface area (Å²) in [6.07, 6.45) is 1.02. The normalized spacial score (nSPS) is 10.9. The summed E-state index contributed by atoms with van der Waals surface area (Å²) in [4.78, 5) is 0. The number of nitriles is 1. The van der Waals surface area contributed by atoms with Gasteiger partial charge in [0.15, 0.2) is 11.0 Å². The Morgan fingerprint density at radius 3 is 2.34 bits per heavy atom. The van der Waals surface area contributed by atoms with Gasteiger partial charge >= 0.3 is 0 Å². The van der Waals surface area contributed by atoms with Crippen molar-refractivity contribution >= 4 is 11.8 Å².